The van der Waals surface area contributed by atoms with Gasteiger partial charge in [-0.3, -0.25) is 4.79 Å². The van der Waals surface area contributed by atoms with Crippen LogP contribution in [0.3, 0.4) is 0 Å². The van der Waals surface area contributed by atoms with Gasteiger partial charge >= 0.3 is 0 Å². The minimum atomic E-state index is -0.279. The van der Waals surface area contributed by atoms with Gasteiger partial charge in [0.15, 0.2) is 0 Å². The summed E-state index contributed by atoms with van der Waals surface area (Å²) in [5, 5.41) is 2.93. The SMILES string of the molecule is CCOc1ccc(C(=O)NC(C)(C)C)c(OCC)c1. The van der Waals surface area contributed by atoms with Gasteiger partial charge in [-0.05, 0) is 46.8 Å². The second kappa shape index (κ2) is 6.45. The number of carbonyl (C=O) groups excluding carboxylic acids is 1. The van der Waals surface area contributed by atoms with E-state index in [1.54, 1.807) is 18.2 Å². The highest BCUT2D eigenvalue weighted by molar-refractivity contribution is 5.97. The summed E-state index contributed by atoms with van der Waals surface area (Å²) in [6, 6.07) is 5.27. The predicted octanol–water partition coefficient (Wildman–Crippen LogP) is 3.01. The fourth-order valence-electron chi connectivity index (χ4n) is 1.63. The monoisotopic (exact) mass is 265 g/mol. The largest absolute Gasteiger partial charge is 0.494 e. The fraction of sp³-hybridized carbons (Fsp3) is 0.533. The second-order valence-electron chi connectivity index (χ2n) is 5.23. The minimum Gasteiger partial charge on any atom is -0.494 e. The molecule has 0 aliphatic heterocycles. The molecule has 0 radical (unpaired) electrons. The molecule has 1 rings (SSSR count). The van der Waals surface area contributed by atoms with Crippen LogP contribution in [0.25, 0.3) is 0 Å². The van der Waals surface area contributed by atoms with Gasteiger partial charge in [-0.1, -0.05) is 0 Å². The molecule has 1 aromatic rings. The number of carbonyl (C=O) groups is 1. The maximum atomic E-state index is 12.2. The number of hydrogen-bond acceptors (Lipinski definition) is 3. The highest BCUT2D eigenvalue weighted by Crippen LogP contribution is 2.25. The Hall–Kier alpha value is -1.71. The summed E-state index contributed by atoms with van der Waals surface area (Å²) in [5.74, 6) is 1.12. The van der Waals surface area contributed by atoms with Crippen molar-refractivity contribution in [3.63, 3.8) is 0 Å². The Labute approximate surface area is 115 Å². The summed E-state index contributed by atoms with van der Waals surface area (Å²) in [4.78, 5) is 12.2. The van der Waals surface area contributed by atoms with E-state index in [4.69, 9.17) is 9.47 Å². The van der Waals surface area contributed by atoms with Crippen molar-refractivity contribution in [2.45, 2.75) is 40.2 Å². The Kier molecular flexibility index (Phi) is 5.21. The van der Waals surface area contributed by atoms with Crippen LogP contribution < -0.4 is 14.8 Å². The zero-order valence-corrected chi connectivity index (χ0v) is 12.4. The maximum absolute atomic E-state index is 12.2. The van der Waals surface area contributed by atoms with E-state index in [0.29, 0.717) is 30.3 Å². The summed E-state index contributed by atoms with van der Waals surface area (Å²) in [6.07, 6.45) is 0. The number of amides is 1. The summed E-state index contributed by atoms with van der Waals surface area (Å²) in [7, 11) is 0. The molecule has 4 nitrogen and oxygen atoms in total. The lowest BCUT2D eigenvalue weighted by atomic mass is 10.1. The maximum Gasteiger partial charge on any atom is 0.255 e. The zero-order valence-electron chi connectivity index (χ0n) is 12.4. The van der Waals surface area contributed by atoms with Gasteiger partial charge < -0.3 is 14.8 Å². The molecule has 106 valence electrons. The number of nitrogens with one attached hydrogen (secondary N) is 1. The molecule has 0 fully saturated rings. The number of ether oxygens (including phenoxy) is 2. The van der Waals surface area contributed by atoms with Gasteiger partial charge in [-0.25, -0.2) is 0 Å². The molecular weight excluding hydrogens is 242 g/mol. The summed E-state index contributed by atoms with van der Waals surface area (Å²) in [6.45, 7) is 10.7. The number of rotatable bonds is 5. The Morgan fingerprint density at radius 2 is 1.79 bits per heavy atom. The highest BCUT2D eigenvalue weighted by Gasteiger charge is 2.19. The van der Waals surface area contributed by atoms with Crippen LogP contribution in [-0.2, 0) is 0 Å². The van der Waals surface area contributed by atoms with Crippen molar-refractivity contribution in [1.29, 1.82) is 0 Å². The molecule has 0 spiro atoms. The quantitative estimate of drug-likeness (QED) is 0.890. The second-order valence-corrected chi connectivity index (χ2v) is 5.23. The fourth-order valence-corrected chi connectivity index (χ4v) is 1.63. The zero-order chi connectivity index (χ0) is 14.5. The molecule has 0 heterocycles. The lowest BCUT2D eigenvalue weighted by molar-refractivity contribution is 0.0915. The van der Waals surface area contributed by atoms with Crippen LogP contribution in [0.5, 0.6) is 11.5 Å². The first kappa shape index (κ1) is 15.3. The summed E-state index contributed by atoms with van der Waals surface area (Å²) < 4.78 is 10.9. The van der Waals surface area contributed by atoms with Crippen LogP contribution in [0.1, 0.15) is 45.0 Å². The van der Waals surface area contributed by atoms with E-state index in [1.165, 1.54) is 0 Å². The van der Waals surface area contributed by atoms with Crippen LogP contribution >= 0.6 is 0 Å². The molecule has 1 N–H and O–H groups in total. The van der Waals surface area contributed by atoms with Crippen LogP contribution in [0.15, 0.2) is 18.2 Å². The molecule has 4 heteroatoms. The highest BCUT2D eigenvalue weighted by atomic mass is 16.5. The van der Waals surface area contributed by atoms with Crippen molar-refractivity contribution < 1.29 is 14.3 Å². The van der Waals surface area contributed by atoms with Gasteiger partial charge in [0.05, 0.1) is 18.8 Å². The van der Waals surface area contributed by atoms with E-state index in [-0.39, 0.29) is 11.4 Å². The lowest BCUT2D eigenvalue weighted by Gasteiger charge is -2.21. The smallest absolute Gasteiger partial charge is 0.255 e. The molecular formula is C15H23NO3. The van der Waals surface area contributed by atoms with E-state index >= 15 is 0 Å². The Balaban J connectivity index is 3.01. The summed E-state index contributed by atoms with van der Waals surface area (Å²) >= 11 is 0. The normalized spacial score (nSPS) is 11.0. The number of hydrogen-bond donors (Lipinski definition) is 1. The lowest BCUT2D eigenvalue weighted by Crippen LogP contribution is -2.40. The van der Waals surface area contributed by atoms with E-state index in [9.17, 15) is 4.79 Å². The Bertz CT molecular complexity index is 436. The molecule has 0 aliphatic carbocycles. The number of benzene rings is 1. The topological polar surface area (TPSA) is 47.6 Å². The molecule has 1 amide bonds. The van der Waals surface area contributed by atoms with Crippen molar-refractivity contribution in [2.24, 2.45) is 0 Å². The van der Waals surface area contributed by atoms with Crippen molar-refractivity contribution in [2.75, 3.05) is 13.2 Å². The predicted molar refractivity (Wildman–Crippen MR) is 76.0 cm³/mol. The third-order valence-corrected chi connectivity index (χ3v) is 2.30. The third kappa shape index (κ3) is 4.81. The van der Waals surface area contributed by atoms with Crippen molar-refractivity contribution in [1.82, 2.24) is 5.32 Å². The molecule has 1 aromatic carbocycles. The minimum absolute atomic E-state index is 0.140. The first-order valence-electron chi connectivity index (χ1n) is 6.59. The molecule has 0 aromatic heterocycles. The molecule has 0 bridgehead atoms. The van der Waals surface area contributed by atoms with Gasteiger partial charge in [0.25, 0.3) is 5.91 Å². The molecule has 19 heavy (non-hydrogen) atoms. The average Bonchev–Trinajstić information content (AvgIpc) is 2.27. The first-order chi connectivity index (χ1) is 8.87. The van der Waals surface area contributed by atoms with Gasteiger partial charge in [0.2, 0.25) is 0 Å². The molecule has 0 unspecified atom stereocenters. The van der Waals surface area contributed by atoms with E-state index in [2.05, 4.69) is 5.32 Å². The van der Waals surface area contributed by atoms with Crippen LogP contribution in [0, 0.1) is 0 Å². The van der Waals surface area contributed by atoms with Gasteiger partial charge in [-0.15, -0.1) is 0 Å². The van der Waals surface area contributed by atoms with E-state index < -0.39 is 0 Å². The standard InChI is InChI=1S/C15H23NO3/c1-6-18-11-8-9-12(13(10-11)19-7-2)14(17)16-15(3,4)5/h8-10H,6-7H2,1-5H3,(H,16,17). The van der Waals surface area contributed by atoms with Gasteiger partial charge in [0.1, 0.15) is 11.5 Å². The third-order valence-electron chi connectivity index (χ3n) is 2.30. The van der Waals surface area contributed by atoms with Crippen molar-refractivity contribution in [3.8, 4) is 11.5 Å². The summed E-state index contributed by atoms with van der Waals surface area (Å²) in [5.41, 5.74) is 0.249. The van der Waals surface area contributed by atoms with Crippen LogP contribution in [-0.4, -0.2) is 24.7 Å². The van der Waals surface area contributed by atoms with Crippen molar-refractivity contribution in [3.05, 3.63) is 23.8 Å². The van der Waals surface area contributed by atoms with Crippen LogP contribution in [0.2, 0.25) is 0 Å². The Morgan fingerprint density at radius 1 is 1.16 bits per heavy atom. The van der Waals surface area contributed by atoms with Gasteiger partial charge in [-0.2, -0.15) is 0 Å². The van der Waals surface area contributed by atoms with Gasteiger partial charge in [0, 0.05) is 11.6 Å². The van der Waals surface area contributed by atoms with E-state index in [1.807, 2.05) is 34.6 Å². The van der Waals surface area contributed by atoms with Crippen molar-refractivity contribution >= 4 is 5.91 Å². The molecule has 0 saturated heterocycles. The van der Waals surface area contributed by atoms with E-state index in [0.717, 1.165) is 0 Å². The Morgan fingerprint density at radius 3 is 2.32 bits per heavy atom. The van der Waals surface area contributed by atoms with Crippen LogP contribution in [0.4, 0.5) is 0 Å². The molecule has 0 atom stereocenters. The average molecular weight is 265 g/mol. The first-order valence-corrected chi connectivity index (χ1v) is 6.59. The molecule has 0 saturated carbocycles. The molecule has 0 aliphatic rings.